The van der Waals surface area contributed by atoms with E-state index in [0.29, 0.717) is 5.56 Å². The maximum atomic E-state index is 13.6. The number of benzene rings is 2. The fraction of sp³-hybridized carbons (Fsp3) is 0.300. The van der Waals surface area contributed by atoms with Crippen LogP contribution in [0.15, 0.2) is 47.4 Å². The summed E-state index contributed by atoms with van der Waals surface area (Å²) in [6.45, 7) is 3.04. The minimum absolute atomic E-state index is 0.0345. The van der Waals surface area contributed by atoms with Gasteiger partial charge in [-0.15, -0.1) is 0 Å². The van der Waals surface area contributed by atoms with Gasteiger partial charge in [-0.05, 0) is 56.5 Å². The molecule has 0 bridgehead atoms. The van der Waals surface area contributed by atoms with Crippen LogP contribution in [0, 0.1) is 12.7 Å². The van der Waals surface area contributed by atoms with Gasteiger partial charge in [0.25, 0.3) is 11.8 Å². The minimum Gasteiger partial charge on any atom is -0.478 e. The van der Waals surface area contributed by atoms with Crippen molar-refractivity contribution >= 4 is 21.8 Å². The molecule has 0 aliphatic heterocycles. The molecule has 160 valence electrons. The Morgan fingerprint density at radius 3 is 2.50 bits per heavy atom. The van der Waals surface area contributed by atoms with Gasteiger partial charge in [-0.2, -0.15) is 0 Å². The number of halogens is 1. The number of carbonyl (C=O) groups is 2. The zero-order valence-corrected chi connectivity index (χ0v) is 17.3. The van der Waals surface area contributed by atoms with Crippen LogP contribution in [0.5, 0.6) is 5.75 Å². The number of aryl methyl sites for hydroxylation is 1. The number of para-hydroxylation sites is 1. The summed E-state index contributed by atoms with van der Waals surface area (Å²) < 4.78 is 46.2. The predicted octanol–water partition coefficient (Wildman–Crippen LogP) is 1.80. The SMILES string of the molecule is Cc1ccc(S(=O)(=O)NC2CC2)cc1C(=O)NNC(=O)C(C)Oc1ccccc1F. The zero-order valence-electron chi connectivity index (χ0n) is 16.4. The Balaban J connectivity index is 1.63. The number of nitrogens with one attached hydrogen (secondary N) is 3. The number of rotatable bonds is 7. The van der Waals surface area contributed by atoms with Crippen molar-refractivity contribution in [2.45, 2.75) is 43.7 Å². The summed E-state index contributed by atoms with van der Waals surface area (Å²) in [5.74, 6) is -2.11. The smallest absolute Gasteiger partial charge is 0.279 e. The van der Waals surface area contributed by atoms with E-state index in [4.69, 9.17) is 4.74 Å². The molecular weight excluding hydrogens is 413 g/mol. The van der Waals surface area contributed by atoms with Crippen LogP contribution in [0.2, 0.25) is 0 Å². The molecule has 2 amide bonds. The molecule has 3 N–H and O–H groups in total. The van der Waals surface area contributed by atoms with Gasteiger partial charge in [0, 0.05) is 11.6 Å². The monoisotopic (exact) mass is 435 g/mol. The third kappa shape index (κ3) is 5.33. The van der Waals surface area contributed by atoms with E-state index in [9.17, 15) is 22.4 Å². The topological polar surface area (TPSA) is 114 Å². The van der Waals surface area contributed by atoms with E-state index in [1.165, 1.54) is 43.3 Å². The van der Waals surface area contributed by atoms with Gasteiger partial charge in [0.2, 0.25) is 10.0 Å². The highest BCUT2D eigenvalue weighted by Crippen LogP contribution is 2.23. The van der Waals surface area contributed by atoms with Crippen LogP contribution in [-0.4, -0.2) is 32.4 Å². The summed E-state index contributed by atoms with van der Waals surface area (Å²) in [5, 5.41) is 0. The number of hydrogen-bond acceptors (Lipinski definition) is 5. The Labute approximate surface area is 173 Å². The average molecular weight is 435 g/mol. The standard InChI is InChI=1S/C20H22FN3O5S/c1-12-7-10-15(30(27,28)24-14-8-9-14)11-16(12)20(26)23-22-19(25)13(2)29-18-6-4-3-5-17(18)21/h3-7,10-11,13-14,24H,8-9H2,1-2H3,(H,22,25)(H,23,26). The van der Waals surface area contributed by atoms with Gasteiger partial charge >= 0.3 is 0 Å². The lowest BCUT2D eigenvalue weighted by Gasteiger charge is -2.16. The van der Waals surface area contributed by atoms with Crippen LogP contribution < -0.4 is 20.3 Å². The fourth-order valence-electron chi connectivity index (χ4n) is 2.57. The van der Waals surface area contributed by atoms with Gasteiger partial charge in [-0.3, -0.25) is 20.4 Å². The summed E-state index contributed by atoms with van der Waals surface area (Å²) >= 11 is 0. The molecule has 1 atom stereocenters. The number of sulfonamides is 1. The second-order valence-electron chi connectivity index (χ2n) is 7.01. The number of hydrogen-bond donors (Lipinski definition) is 3. The van der Waals surface area contributed by atoms with Crippen LogP contribution in [0.1, 0.15) is 35.7 Å². The van der Waals surface area contributed by atoms with Crippen LogP contribution >= 0.6 is 0 Å². The Morgan fingerprint density at radius 1 is 1.13 bits per heavy atom. The highest BCUT2D eigenvalue weighted by Gasteiger charge is 2.28. The summed E-state index contributed by atoms with van der Waals surface area (Å²) in [4.78, 5) is 24.6. The quantitative estimate of drug-likeness (QED) is 0.574. The van der Waals surface area contributed by atoms with Crippen LogP contribution in [0.25, 0.3) is 0 Å². The molecule has 0 radical (unpaired) electrons. The largest absolute Gasteiger partial charge is 0.478 e. The van der Waals surface area contributed by atoms with Crippen molar-refractivity contribution < 1.29 is 27.1 Å². The minimum atomic E-state index is -3.73. The van der Waals surface area contributed by atoms with Gasteiger partial charge in [0.1, 0.15) is 0 Å². The first-order valence-corrected chi connectivity index (χ1v) is 10.8. The first-order chi connectivity index (χ1) is 14.2. The van der Waals surface area contributed by atoms with Gasteiger partial charge < -0.3 is 4.74 Å². The van der Waals surface area contributed by atoms with E-state index in [-0.39, 0.29) is 22.3 Å². The van der Waals surface area contributed by atoms with Gasteiger partial charge in [0.05, 0.1) is 4.90 Å². The maximum Gasteiger partial charge on any atom is 0.279 e. The first-order valence-electron chi connectivity index (χ1n) is 9.32. The third-order valence-electron chi connectivity index (χ3n) is 4.47. The molecule has 0 heterocycles. The summed E-state index contributed by atoms with van der Waals surface area (Å²) in [6, 6.07) is 9.75. The van der Waals surface area contributed by atoms with Crippen LogP contribution in [0.4, 0.5) is 4.39 Å². The second kappa shape index (κ2) is 8.80. The lowest BCUT2D eigenvalue weighted by atomic mass is 10.1. The first kappa shape index (κ1) is 21.7. The molecule has 0 aromatic heterocycles. The van der Waals surface area contributed by atoms with Crippen molar-refractivity contribution in [3.63, 3.8) is 0 Å². The van der Waals surface area contributed by atoms with E-state index in [0.717, 1.165) is 12.8 Å². The van der Waals surface area contributed by atoms with Crippen molar-refractivity contribution in [3.8, 4) is 5.75 Å². The number of amides is 2. The van der Waals surface area contributed by atoms with Gasteiger partial charge in [0.15, 0.2) is 17.7 Å². The number of carbonyl (C=O) groups excluding carboxylic acids is 2. The summed E-state index contributed by atoms with van der Waals surface area (Å²) in [6.07, 6.45) is 0.493. The third-order valence-corrected chi connectivity index (χ3v) is 5.99. The van der Waals surface area contributed by atoms with Crippen molar-refractivity contribution in [2.24, 2.45) is 0 Å². The van der Waals surface area contributed by atoms with Crippen molar-refractivity contribution in [1.82, 2.24) is 15.6 Å². The van der Waals surface area contributed by atoms with Crippen LogP contribution in [0.3, 0.4) is 0 Å². The van der Waals surface area contributed by atoms with Crippen molar-refractivity contribution in [1.29, 1.82) is 0 Å². The van der Waals surface area contributed by atoms with E-state index in [2.05, 4.69) is 15.6 Å². The second-order valence-corrected chi connectivity index (χ2v) is 8.72. The molecule has 1 fully saturated rings. The molecule has 30 heavy (non-hydrogen) atoms. The molecule has 2 aromatic carbocycles. The van der Waals surface area contributed by atoms with Gasteiger partial charge in [-0.25, -0.2) is 17.5 Å². The Kier molecular flexibility index (Phi) is 6.37. The van der Waals surface area contributed by atoms with E-state index >= 15 is 0 Å². The molecule has 1 saturated carbocycles. The molecule has 10 heteroatoms. The Bertz CT molecular complexity index is 1070. The summed E-state index contributed by atoms with van der Waals surface area (Å²) in [5.41, 5.74) is 5.05. The molecule has 1 aliphatic carbocycles. The molecule has 3 rings (SSSR count). The molecule has 1 unspecified atom stereocenters. The fourth-order valence-corrected chi connectivity index (χ4v) is 3.90. The van der Waals surface area contributed by atoms with Crippen molar-refractivity contribution in [3.05, 3.63) is 59.4 Å². The Hall–Kier alpha value is -2.98. The van der Waals surface area contributed by atoms with E-state index < -0.39 is 33.8 Å². The average Bonchev–Trinajstić information content (AvgIpc) is 3.51. The van der Waals surface area contributed by atoms with E-state index in [1.54, 1.807) is 13.0 Å². The number of ether oxygens (including phenoxy) is 1. The molecule has 0 saturated heterocycles. The predicted molar refractivity (Wildman–Crippen MR) is 107 cm³/mol. The Morgan fingerprint density at radius 2 is 1.83 bits per heavy atom. The maximum absolute atomic E-state index is 13.6. The molecule has 1 aliphatic rings. The highest BCUT2D eigenvalue weighted by molar-refractivity contribution is 7.89. The molecule has 2 aromatic rings. The molecule has 8 nitrogen and oxygen atoms in total. The lowest BCUT2D eigenvalue weighted by molar-refractivity contribution is -0.128. The normalized spacial score (nSPS) is 14.6. The van der Waals surface area contributed by atoms with Gasteiger partial charge in [-0.1, -0.05) is 18.2 Å². The highest BCUT2D eigenvalue weighted by atomic mass is 32.2. The number of hydrazine groups is 1. The van der Waals surface area contributed by atoms with E-state index in [1.807, 2.05) is 0 Å². The molecule has 0 spiro atoms. The lowest BCUT2D eigenvalue weighted by Crippen LogP contribution is -2.47. The molecular formula is C20H22FN3O5S. The zero-order chi connectivity index (χ0) is 21.9. The van der Waals surface area contributed by atoms with Crippen molar-refractivity contribution in [2.75, 3.05) is 0 Å². The van der Waals surface area contributed by atoms with Crippen LogP contribution in [-0.2, 0) is 14.8 Å². The summed E-state index contributed by atoms with van der Waals surface area (Å²) in [7, 11) is -3.73.